The van der Waals surface area contributed by atoms with E-state index in [2.05, 4.69) is 20.9 Å². The molecular weight excluding hydrogens is 284 g/mol. The lowest BCUT2D eigenvalue weighted by Gasteiger charge is -2.19. The molecule has 1 aliphatic heterocycles. The Morgan fingerprint density at radius 1 is 1.53 bits per heavy atom. The fourth-order valence-corrected chi connectivity index (χ4v) is 2.25. The number of aromatic nitrogens is 2. The zero-order valence-electron chi connectivity index (χ0n) is 8.89. The van der Waals surface area contributed by atoms with Crippen molar-refractivity contribution in [3.63, 3.8) is 0 Å². The molecule has 0 fully saturated rings. The molecule has 3 rings (SSSR count). The van der Waals surface area contributed by atoms with Crippen LogP contribution in [0.2, 0.25) is 0 Å². The van der Waals surface area contributed by atoms with Crippen LogP contribution in [0.25, 0.3) is 5.69 Å². The number of nitrogens with zero attached hydrogens (tertiary/aromatic N) is 2. The molecule has 0 amide bonds. The number of halogens is 1. The summed E-state index contributed by atoms with van der Waals surface area (Å²) < 4.78 is 8.58. The van der Waals surface area contributed by atoms with Gasteiger partial charge in [0.1, 0.15) is 18.6 Å². The first-order valence-corrected chi connectivity index (χ1v) is 6.01. The predicted molar refractivity (Wildman–Crippen MR) is 65.4 cm³/mol. The van der Waals surface area contributed by atoms with Crippen LogP contribution in [0.3, 0.4) is 0 Å². The third-order valence-electron chi connectivity index (χ3n) is 2.66. The van der Waals surface area contributed by atoms with Gasteiger partial charge in [0.25, 0.3) is 0 Å². The number of fused-ring (bicyclic) bond motifs is 3. The normalized spacial score (nSPS) is 12.5. The summed E-state index contributed by atoms with van der Waals surface area (Å²) in [4.78, 5) is 14.8. The molecule has 2 heterocycles. The molecule has 0 saturated carbocycles. The Hall–Kier alpha value is -1.62. The van der Waals surface area contributed by atoms with Gasteiger partial charge in [-0.05, 0) is 18.2 Å². The number of ether oxygens (including phenoxy) is 1. The average Bonchev–Trinajstić information content (AvgIpc) is 2.72. The lowest BCUT2D eigenvalue weighted by Crippen LogP contribution is -2.12. The zero-order valence-corrected chi connectivity index (χ0v) is 10.5. The summed E-state index contributed by atoms with van der Waals surface area (Å²) in [6, 6.07) is 5.85. The van der Waals surface area contributed by atoms with Gasteiger partial charge in [-0.2, -0.15) is 0 Å². The molecule has 1 aromatic carbocycles. The van der Waals surface area contributed by atoms with Crippen LogP contribution in [0.1, 0.15) is 11.5 Å². The van der Waals surface area contributed by atoms with Crippen LogP contribution in [0.5, 0.6) is 5.75 Å². The molecule has 1 aliphatic rings. The first-order chi connectivity index (χ1) is 8.28. The second kappa shape index (κ2) is 4.00. The van der Waals surface area contributed by atoms with E-state index in [-0.39, 0.29) is 0 Å². The standard InChI is InChI=1S/C12H9BrN2O2/c13-8-1-2-10-11(5-8)17-7-12-14-9(3-4-16)6-15(10)12/h1-2,4-6H,3,7H2. The number of carbonyl (C=O) groups excluding carboxylic acids is 1. The fraction of sp³-hybridized carbons (Fsp3) is 0.167. The SMILES string of the molecule is O=CCc1cn2c(n1)COc1cc(Br)ccc1-2. The Balaban J connectivity index is 2.12. The van der Waals surface area contributed by atoms with Crippen molar-refractivity contribution in [2.24, 2.45) is 0 Å². The largest absolute Gasteiger partial charge is 0.483 e. The van der Waals surface area contributed by atoms with E-state index >= 15 is 0 Å². The van der Waals surface area contributed by atoms with Gasteiger partial charge in [-0.1, -0.05) is 15.9 Å². The average molecular weight is 293 g/mol. The first kappa shape index (κ1) is 10.5. The van der Waals surface area contributed by atoms with Gasteiger partial charge in [0.05, 0.1) is 11.4 Å². The smallest absolute Gasteiger partial charge is 0.151 e. The summed E-state index contributed by atoms with van der Waals surface area (Å²) in [7, 11) is 0. The number of aldehydes is 1. The molecule has 2 aromatic rings. The molecule has 4 nitrogen and oxygen atoms in total. The molecule has 1 aromatic heterocycles. The van der Waals surface area contributed by atoms with Crippen LogP contribution in [0, 0.1) is 0 Å². The summed E-state index contributed by atoms with van der Waals surface area (Å²) in [5.41, 5.74) is 1.73. The highest BCUT2D eigenvalue weighted by Gasteiger charge is 2.19. The van der Waals surface area contributed by atoms with Gasteiger partial charge in [0.15, 0.2) is 5.82 Å². The Bertz CT molecular complexity index is 592. The summed E-state index contributed by atoms with van der Waals surface area (Å²) in [6.45, 7) is 0.433. The van der Waals surface area contributed by atoms with Gasteiger partial charge in [0, 0.05) is 17.1 Å². The molecule has 0 spiro atoms. The van der Waals surface area contributed by atoms with Crippen molar-refractivity contribution < 1.29 is 9.53 Å². The highest BCUT2D eigenvalue weighted by atomic mass is 79.9. The van der Waals surface area contributed by atoms with E-state index in [0.29, 0.717) is 13.0 Å². The number of hydrogen-bond acceptors (Lipinski definition) is 3. The van der Waals surface area contributed by atoms with Gasteiger partial charge >= 0.3 is 0 Å². The van der Waals surface area contributed by atoms with Gasteiger partial charge in [-0.15, -0.1) is 0 Å². The van der Waals surface area contributed by atoms with Crippen LogP contribution < -0.4 is 4.74 Å². The van der Waals surface area contributed by atoms with Crippen molar-refractivity contribution in [2.45, 2.75) is 13.0 Å². The van der Waals surface area contributed by atoms with Crippen LogP contribution in [0.4, 0.5) is 0 Å². The molecule has 17 heavy (non-hydrogen) atoms. The monoisotopic (exact) mass is 292 g/mol. The summed E-state index contributed by atoms with van der Waals surface area (Å²) in [5.74, 6) is 1.65. The Kier molecular flexibility index (Phi) is 2.48. The molecule has 0 N–H and O–H groups in total. The molecule has 0 bridgehead atoms. The second-order valence-corrected chi connectivity index (χ2v) is 4.71. The Labute approximate surface area is 106 Å². The van der Waals surface area contributed by atoms with Crippen molar-refractivity contribution in [1.82, 2.24) is 9.55 Å². The summed E-state index contributed by atoms with van der Waals surface area (Å²) >= 11 is 3.41. The highest BCUT2D eigenvalue weighted by molar-refractivity contribution is 9.10. The predicted octanol–water partition coefficient (Wildman–Crippen LogP) is 2.27. The van der Waals surface area contributed by atoms with E-state index < -0.39 is 0 Å². The van der Waals surface area contributed by atoms with E-state index in [1.54, 1.807) is 0 Å². The topological polar surface area (TPSA) is 44.1 Å². The molecule has 0 aliphatic carbocycles. The number of benzene rings is 1. The van der Waals surface area contributed by atoms with Crippen LogP contribution >= 0.6 is 15.9 Å². The molecule has 0 unspecified atom stereocenters. The van der Waals surface area contributed by atoms with Crippen molar-refractivity contribution >= 4 is 22.2 Å². The lowest BCUT2D eigenvalue weighted by atomic mass is 10.2. The van der Waals surface area contributed by atoms with E-state index in [1.807, 2.05) is 29.0 Å². The molecular formula is C12H9BrN2O2. The zero-order chi connectivity index (χ0) is 11.8. The van der Waals surface area contributed by atoms with Crippen molar-refractivity contribution in [3.05, 3.63) is 40.4 Å². The highest BCUT2D eigenvalue weighted by Crippen LogP contribution is 2.32. The third-order valence-corrected chi connectivity index (χ3v) is 3.15. The molecule has 86 valence electrons. The van der Waals surface area contributed by atoms with E-state index in [4.69, 9.17) is 4.74 Å². The summed E-state index contributed by atoms with van der Waals surface area (Å²) in [5, 5.41) is 0. The van der Waals surface area contributed by atoms with Gasteiger partial charge < -0.3 is 9.53 Å². The fourth-order valence-electron chi connectivity index (χ4n) is 1.91. The maximum Gasteiger partial charge on any atom is 0.151 e. The van der Waals surface area contributed by atoms with Crippen LogP contribution in [-0.4, -0.2) is 15.8 Å². The Morgan fingerprint density at radius 3 is 3.24 bits per heavy atom. The lowest BCUT2D eigenvalue weighted by molar-refractivity contribution is -0.107. The molecule has 0 radical (unpaired) electrons. The van der Waals surface area contributed by atoms with E-state index in [9.17, 15) is 4.79 Å². The first-order valence-electron chi connectivity index (χ1n) is 5.21. The number of imidazole rings is 1. The minimum Gasteiger partial charge on any atom is -0.483 e. The maximum atomic E-state index is 10.5. The van der Waals surface area contributed by atoms with E-state index in [0.717, 1.165) is 33.7 Å². The number of rotatable bonds is 2. The number of carbonyl (C=O) groups is 1. The van der Waals surface area contributed by atoms with Crippen LogP contribution in [0.15, 0.2) is 28.9 Å². The van der Waals surface area contributed by atoms with E-state index in [1.165, 1.54) is 0 Å². The van der Waals surface area contributed by atoms with Gasteiger partial charge in [-0.3, -0.25) is 4.57 Å². The minimum atomic E-state index is 0.339. The molecule has 5 heteroatoms. The Morgan fingerprint density at radius 2 is 2.41 bits per heavy atom. The van der Waals surface area contributed by atoms with Gasteiger partial charge in [0.2, 0.25) is 0 Å². The molecule has 0 atom stereocenters. The quantitative estimate of drug-likeness (QED) is 0.798. The third kappa shape index (κ3) is 1.76. The number of hydrogen-bond donors (Lipinski definition) is 0. The minimum absolute atomic E-state index is 0.339. The van der Waals surface area contributed by atoms with Crippen molar-refractivity contribution in [1.29, 1.82) is 0 Å². The van der Waals surface area contributed by atoms with Gasteiger partial charge in [-0.25, -0.2) is 4.98 Å². The molecule has 0 saturated heterocycles. The van der Waals surface area contributed by atoms with Crippen molar-refractivity contribution in [2.75, 3.05) is 0 Å². The second-order valence-electron chi connectivity index (χ2n) is 3.79. The van der Waals surface area contributed by atoms with Crippen LogP contribution in [-0.2, 0) is 17.8 Å². The summed E-state index contributed by atoms with van der Waals surface area (Å²) in [6.07, 6.45) is 3.09. The van der Waals surface area contributed by atoms with Crippen molar-refractivity contribution in [3.8, 4) is 11.4 Å². The maximum absolute atomic E-state index is 10.5.